The Balaban J connectivity index is 2.46. The number of rotatable bonds is 4. The first-order chi connectivity index (χ1) is 9.51. The topological polar surface area (TPSA) is 60.2 Å². The highest BCUT2D eigenvalue weighted by Gasteiger charge is 2.10. The molecular weight excluding hydrogens is 338 g/mol. The van der Waals surface area contributed by atoms with E-state index in [4.69, 9.17) is 22.7 Å². The number of hydrogen-bond acceptors (Lipinski definition) is 4. The Morgan fingerprint density at radius 3 is 2.75 bits per heavy atom. The van der Waals surface area contributed by atoms with Crippen LogP contribution in [0.4, 0.5) is 11.5 Å². The Kier molecular flexibility index (Phi) is 4.57. The predicted octanol–water partition coefficient (Wildman–Crippen LogP) is 3.54. The van der Waals surface area contributed by atoms with Crippen LogP contribution in [0.2, 0.25) is 0 Å². The van der Waals surface area contributed by atoms with Gasteiger partial charge in [0.2, 0.25) is 0 Å². The number of halogens is 1. The molecule has 104 valence electrons. The summed E-state index contributed by atoms with van der Waals surface area (Å²) in [7, 11) is 1.62. The molecule has 0 amide bonds. The van der Waals surface area contributed by atoms with Crippen molar-refractivity contribution in [3.63, 3.8) is 0 Å². The maximum absolute atomic E-state index is 5.73. The number of aromatic nitrogens is 1. The second-order valence-corrected chi connectivity index (χ2v) is 5.54. The molecule has 6 heteroatoms. The molecule has 0 aliphatic heterocycles. The van der Waals surface area contributed by atoms with E-state index in [-0.39, 0.29) is 0 Å². The van der Waals surface area contributed by atoms with Crippen LogP contribution in [0.25, 0.3) is 0 Å². The first-order valence-corrected chi connectivity index (χ1v) is 7.09. The lowest BCUT2D eigenvalue weighted by molar-refractivity contribution is 0.416. The molecule has 0 bridgehead atoms. The van der Waals surface area contributed by atoms with Gasteiger partial charge in [0, 0.05) is 10.2 Å². The summed E-state index contributed by atoms with van der Waals surface area (Å²) in [6, 6.07) is 9.41. The fraction of sp³-hybridized carbons (Fsp3) is 0.143. The first kappa shape index (κ1) is 14.7. The quantitative estimate of drug-likeness (QED) is 0.825. The number of nitrogens with zero attached hydrogens (tertiary/aromatic N) is 1. The molecule has 1 aromatic carbocycles. The molecule has 1 aromatic heterocycles. The van der Waals surface area contributed by atoms with Gasteiger partial charge < -0.3 is 15.8 Å². The van der Waals surface area contributed by atoms with Crippen molar-refractivity contribution in [2.75, 3.05) is 12.4 Å². The lowest BCUT2D eigenvalue weighted by atomic mass is 10.2. The minimum absolute atomic E-state index is 0.300. The van der Waals surface area contributed by atoms with Crippen LogP contribution in [0.15, 0.2) is 34.8 Å². The number of ether oxygens (including phenoxy) is 1. The molecule has 0 saturated carbocycles. The van der Waals surface area contributed by atoms with Crippen molar-refractivity contribution in [2.24, 2.45) is 5.73 Å². The van der Waals surface area contributed by atoms with E-state index in [1.165, 1.54) is 0 Å². The molecule has 4 nitrogen and oxygen atoms in total. The van der Waals surface area contributed by atoms with Crippen LogP contribution in [-0.4, -0.2) is 17.1 Å². The molecular formula is C14H14BrN3OS. The lowest BCUT2D eigenvalue weighted by Gasteiger charge is -2.14. The highest BCUT2D eigenvalue weighted by atomic mass is 79.9. The van der Waals surface area contributed by atoms with E-state index in [1.807, 2.05) is 37.3 Å². The van der Waals surface area contributed by atoms with Crippen LogP contribution in [0.1, 0.15) is 11.3 Å². The van der Waals surface area contributed by atoms with E-state index in [0.29, 0.717) is 22.1 Å². The predicted molar refractivity (Wildman–Crippen MR) is 88.8 cm³/mol. The fourth-order valence-electron chi connectivity index (χ4n) is 1.76. The maximum Gasteiger partial charge on any atom is 0.142 e. The Hall–Kier alpha value is -1.66. The Labute approximate surface area is 131 Å². The number of anilines is 2. The summed E-state index contributed by atoms with van der Waals surface area (Å²) < 4.78 is 6.26. The molecule has 0 atom stereocenters. The molecule has 3 N–H and O–H groups in total. The normalized spacial score (nSPS) is 10.2. The van der Waals surface area contributed by atoms with Crippen molar-refractivity contribution < 1.29 is 4.74 Å². The molecule has 0 fully saturated rings. The van der Waals surface area contributed by atoms with Crippen LogP contribution in [0.5, 0.6) is 5.75 Å². The van der Waals surface area contributed by atoms with E-state index in [1.54, 1.807) is 7.11 Å². The molecule has 0 saturated heterocycles. The molecule has 0 radical (unpaired) electrons. The lowest BCUT2D eigenvalue weighted by Crippen LogP contribution is -2.13. The third-order valence-corrected chi connectivity index (χ3v) is 3.43. The van der Waals surface area contributed by atoms with Gasteiger partial charge in [0.25, 0.3) is 0 Å². The Morgan fingerprint density at radius 2 is 2.10 bits per heavy atom. The fourth-order valence-corrected chi connectivity index (χ4v) is 2.28. The van der Waals surface area contributed by atoms with Gasteiger partial charge in [-0.25, -0.2) is 4.98 Å². The maximum atomic E-state index is 5.73. The van der Waals surface area contributed by atoms with Gasteiger partial charge in [-0.1, -0.05) is 28.1 Å². The van der Waals surface area contributed by atoms with Gasteiger partial charge in [0.15, 0.2) is 0 Å². The van der Waals surface area contributed by atoms with Crippen LogP contribution < -0.4 is 15.8 Å². The van der Waals surface area contributed by atoms with Gasteiger partial charge in [-0.05, 0) is 37.3 Å². The second kappa shape index (κ2) is 6.19. The minimum Gasteiger partial charge on any atom is -0.495 e. The molecule has 20 heavy (non-hydrogen) atoms. The number of nitrogens with two attached hydrogens (primary N) is 1. The van der Waals surface area contributed by atoms with E-state index in [9.17, 15) is 0 Å². The van der Waals surface area contributed by atoms with E-state index in [2.05, 4.69) is 26.2 Å². The molecule has 0 aliphatic rings. The van der Waals surface area contributed by atoms with Crippen molar-refractivity contribution in [1.82, 2.24) is 4.98 Å². The van der Waals surface area contributed by atoms with Gasteiger partial charge in [-0.3, -0.25) is 0 Å². The van der Waals surface area contributed by atoms with Crippen LogP contribution in [-0.2, 0) is 0 Å². The highest BCUT2D eigenvalue weighted by molar-refractivity contribution is 9.10. The number of methoxy groups -OCH3 is 1. The number of aryl methyl sites for hydroxylation is 1. The van der Waals surface area contributed by atoms with Crippen molar-refractivity contribution in [3.05, 3.63) is 46.1 Å². The number of benzene rings is 1. The average Bonchev–Trinajstić information content (AvgIpc) is 2.38. The third-order valence-electron chi connectivity index (χ3n) is 2.71. The van der Waals surface area contributed by atoms with Gasteiger partial charge in [-0.2, -0.15) is 0 Å². The van der Waals surface area contributed by atoms with Gasteiger partial charge in [0.1, 0.15) is 16.6 Å². The van der Waals surface area contributed by atoms with E-state index >= 15 is 0 Å². The smallest absolute Gasteiger partial charge is 0.142 e. The Morgan fingerprint density at radius 1 is 1.35 bits per heavy atom. The van der Waals surface area contributed by atoms with Crippen LogP contribution in [0, 0.1) is 6.92 Å². The zero-order chi connectivity index (χ0) is 14.7. The first-order valence-electron chi connectivity index (χ1n) is 5.89. The van der Waals surface area contributed by atoms with E-state index < -0.39 is 0 Å². The number of thiocarbonyl (C=S) groups is 1. The number of pyridine rings is 1. The monoisotopic (exact) mass is 351 g/mol. The molecule has 2 rings (SSSR count). The minimum atomic E-state index is 0.300. The zero-order valence-corrected chi connectivity index (χ0v) is 13.5. The molecule has 0 spiro atoms. The molecule has 0 aliphatic carbocycles. The standard InChI is InChI=1S/C14H14BrN3OS/c1-8-3-5-10(13(16)20)14(17-8)18-11-7-9(15)4-6-12(11)19-2/h3-7H,1-2H3,(H2,16,20)(H,17,18). The summed E-state index contributed by atoms with van der Waals surface area (Å²) in [4.78, 5) is 4.75. The molecule has 0 unspecified atom stereocenters. The van der Waals surface area contributed by atoms with Gasteiger partial charge in [0.05, 0.1) is 18.4 Å². The average molecular weight is 352 g/mol. The summed E-state index contributed by atoms with van der Waals surface area (Å²) in [6.07, 6.45) is 0. The molecule has 2 aromatic rings. The number of nitrogens with one attached hydrogen (secondary N) is 1. The van der Waals surface area contributed by atoms with Crippen molar-refractivity contribution in [3.8, 4) is 5.75 Å². The third kappa shape index (κ3) is 3.26. The van der Waals surface area contributed by atoms with E-state index in [0.717, 1.165) is 15.9 Å². The largest absolute Gasteiger partial charge is 0.495 e. The summed E-state index contributed by atoms with van der Waals surface area (Å²) >= 11 is 8.49. The SMILES string of the molecule is COc1ccc(Br)cc1Nc1nc(C)ccc1C(N)=S. The second-order valence-electron chi connectivity index (χ2n) is 4.18. The van der Waals surface area contributed by atoms with Crippen LogP contribution in [0.3, 0.4) is 0 Å². The van der Waals surface area contributed by atoms with Gasteiger partial charge in [-0.15, -0.1) is 0 Å². The zero-order valence-electron chi connectivity index (χ0n) is 11.1. The summed E-state index contributed by atoms with van der Waals surface area (Å²) in [6.45, 7) is 1.91. The van der Waals surface area contributed by atoms with Crippen molar-refractivity contribution >= 4 is 44.6 Å². The number of hydrogen-bond donors (Lipinski definition) is 2. The summed E-state index contributed by atoms with van der Waals surface area (Å²) in [5, 5.41) is 3.22. The van der Waals surface area contributed by atoms with Crippen molar-refractivity contribution in [1.29, 1.82) is 0 Å². The highest BCUT2D eigenvalue weighted by Crippen LogP contribution is 2.31. The summed E-state index contributed by atoms with van der Waals surface area (Å²) in [5.74, 6) is 1.33. The Bertz CT molecular complexity index is 661. The van der Waals surface area contributed by atoms with Crippen molar-refractivity contribution in [2.45, 2.75) is 6.92 Å². The summed E-state index contributed by atoms with van der Waals surface area (Å²) in [5.41, 5.74) is 8.10. The molecule has 1 heterocycles. The van der Waals surface area contributed by atoms with Gasteiger partial charge >= 0.3 is 0 Å². The van der Waals surface area contributed by atoms with Crippen LogP contribution >= 0.6 is 28.1 Å².